The topological polar surface area (TPSA) is 59.6 Å². The maximum atomic E-state index is 12.0. The van der Waals surface area contributed by atoms with Crippen molar-refractivity contribution in [3.8, 4) is 5.75 Å². The summed E-state index contributed by atoms with van der Waals surface area (Å²) in [5.41, 5.74) is 4.58. The van der Waals surface area contributed by atoms with Crippen molar-refractivity contribution in [2.75, 3.05) is 19.0 Å². The molecule has 1 aliphatic rings. The Morgan fingerprint density at radius 2 is 1.84 bits per heavy atom. The van der Waals surface area contributed by atoms with E-state index in [0.717, 1.165) is 43.5 Å². The molecule has 0 saturated heterocycles. The molecule has 0 spiro atoms. The van der Waals surface area contributed by atoms with Crippen molar-refractivity contribution < 1.29 is 14.3 Å². The number of fused-ring (bicyclic) bond motifs is 1. The van der Waals surface area contributed by atoms with Crippen LogP contribution in [0.3, 0.4) is 0 Å². The van der Waals surface area contributed by atoms with Gasteiger partial charge in [0.25, 0.3) is 0 Å². The lowest BCUT2D eigenvalue weighted by atomic mass is 9.85. The lowest BCUT2D eigenvalue weighted by molar-refractivity contribution is 0.159. The number of nitrogens with one attached hydrogen (secondary N) is 2. The molecule has 5 nitrogen and oxygen atoms in total. The van der Waals surface area contributed by atoms with Crippen LogP contribution in [0.25, 0.3) is 0 Å². The first kappa shape index (κ1) is 23.1. The minimum Gasteiger partial charge on any atom is -0.497 e. The Kier molecular flexibility index (Phi) is 8.77. The first-order valence-corrected chi connectivity index (χ1v) is 11.6. The highest BCUT2D eigenvalue weighted by molar-refractivity contribution is 5.84. The summed E-state index contributed by atoms with van der Waals surface area (Å²) in [4.78, 5) is 12.0. The fourth-order valence-electron chi connectivity index (χ4n) is 4.16. The molecule has 0 aliphatic carbocycles. The standard InChI is InChI=1S/C26H36N2O3/c1-4-6-8-16-31-26(29)28-21-12-10-19(11-13-21)25-24-15-14-23(30-3)18-20(24)17-22(27-25)9-7-5-2/h10-15,18,22,25,27H,4-9,16-17H2,1-3H3,(H,28,29)/t22-,25-/m0/s1. The summed E-state index contributed by atoms with van der Waals surface area (Å²) in [5, 5.41) is 6.67. The summed E-state index contributed by atoms with van der Waals surface area (Å²) >= 11 is 0. The number of amides is 1. The van der Waals surface area contributed by atoms with E-state index in [-0.39, 0.29) is 6.04 Å². The number of benzene rings is 2. The first-order valence-electron chi connectivity index (χ1n) is 11.6. The van der Waals surface area contributed by atoms with Gasteiger partial charge in [0.2, 0.25) is 0 Å². The summed E-state index contributed by atoms with van der Waals surface area (Å²) in [6.07, 6.45) is 7.28. The SMILES string of the molecule is CCCCCOC(=O)Nc1ccc([C@@H]2N[C@@H](CCCC)Cc3cc(OC)ccc32)cc1. The van der Waals surface area contributed by atoms with Gasteiger partial charge in [0.15, 0.2) is 0 Å². The Hall–Kier alpha value is -2.53. The number of rotatable bonds is 10. The smallest absolute Gasteiger partial charge is 0.411 e. The van der Waals surface area contributed by atoms with E-state index >= 15 is 0 Å². The minimum absolute atomic E-state index is 0.131. The van der Waals surface area contributed by atoms with Crippen molar-refractivity contribution >= 4 is 11.8 Å². The first-order chi connectivity index (χ1) is 15.1. The van der Waals surface area contributed by atoms with Crippen LogP contribution in [-0.2, 0) is 11.2 Å². The zero-order valence-electron chi connectivity index (χ0n) is 19.1. The van der Waals surface area contributed by atoms with Gasteiger partial charge in [0.05, 0.1) is 19.8 Å². The molecule has 168 valence electrons. The van der Waals surface area contributed by atoms with E-state index in [1.807, 2.05) is 18.2 Å². The molecule has 0 fully saturated rings. The van der Waals surface area contributed by atoms with Crippen LogP contribution >= 0.6 is 0 Å². The van der Waals surface area contributed by atoms with Crippen LogP contribution < -0.4 is 15.4 Å². The lowest BCUT2D eigenvalue weighted by Crippen LogP contribution is -2.40. The Labute approximate surface area is 186 Å². The van der Waals surface area contributed by atoms with Gasteiger partial charge in [-0.25, -0.2) is 4.79 Å². The van der Waals surface area contributed by atoms with Crippen LogP contribution in [0.15, 0.2) is 42.5 Å². The molecule has 5 heteroatoms. The predicted octanol–water partition coefficient (Wildman–Crippen LogP) is 6.23. The van der Waals surface area contributed by atoms with E-state index in [1.54, 1.807) is 7.11 Å². The monoisotopic (exact) mass is 424 g/mol. The zero-order valence-corrected chi connectivity index (χ0v) is 19.1. The average molecular weight is 425 g/mol. The third kappa shape index (κ3) is 6.47. The molecule has 2 aromatic rings. The maximum absolute atomic E-state index is 12.0. The lowest BCUT2D eigenvalue weighted by Gasteiger charge is -2.34. The molecule has 0 saturated carbocycles. The summed E-state index contributed by atoms with van der Waals surface area (Å²) in [6, 6.07) is 15.0. The molecular formula is C26H36N2O3. The zero-order chi connectivity index (χ0) is 22.1. The van der Waals surface area contributed by atoms with Gasteiger partial charge in [-0.2, -0.15) is 0 Å². The summed E-state index contributed by atoms with van der Waals surface area (Å²) in [5.74, 6) is 0.908. The molecule has 0 unspecified atom stereocenters. The van der Waals surface area contributed by atoms with Gasteiger partial charge >= 0.3 is 6.09 Å². The van der Waals surface area contributed by atoms with Crippen molar-refractivity contribution in [3.05, 3.63) is 59.2 Å². The number of methoxy groups -OCH3 is 1. The third-order valence-corrected chi connectivity index (χ3v) is 5.91. The number of carbonyl (C=O) groups is 1. The fourth-order valence-corrected chi connectivity index (χ4v) is 4.16. The summed E-state index contributed by atoms with van der Waals surface area (Å²) in [7, 11) is 1.72. The highest BCUT2D eigenvalue weighted by Gasteiger charge is 2.27. The predicted molar refractivity (Wildman–Crippen MR) is 126 cm³/mol. The van der Waals surface area contributed by atoms with Gasteiger partial charge in [0, 0.05) is 11.7 Å². The summed E-state index contributed by atoms with van der Waals surface area (Å²) in [6.45, 7) is 4.82. The van der Waals surface area contributed by atoms with Crippen LogP contribution in [0.4, 0.5) is 10.5 Å². The number of unbranched alkanes of at least 4 members (excludes halogenated alkanes) is 3. The Balaban J connectivity index is 1.71. The second kappa shape index (κ2) is 11.8. The van der Waals surface area contributed by atoms with Crippen molar-refractivity contribution in [2.45, 2.75) is 70.9 Å². The maximum Gasteiger partial charge on any atom is 0.411 e. The molecule has 2 N–H and O–H groups in total. The molecule has 0 aromatic heterocycles. The van der Waals surface area contributed by atoms with Crippen LogP contribution in [-0.4, -0.2) is 25.9 Å². The number of anilines is 1. The van der Waals surface area contributed by atoms with Gasteiger partial charge in [-0.1, -0.05) is 57.7 Å². The molecule has 0 bridgehead atoms. The molecule has 1 aliphatic heterocycles. The molecule has 2 atom stereocenters. The largest absolute Gasteiger partial charge is 0.497 e. The highest BCUT2D eigenvalue weighted by Crippen LogP contribution is 2.34. The average Bonchev–Trinajstić information content (AvgIpc) is 2.80. The Bertz CT molecular complexity index is 835. The Morgan fingerprint density at radius 1 is 1.06 bits per heavy atom. The van der Waals surface area contributed by atoms with Gasteiger partial charge in [-0.3, -0.25) is 5.32 Å². The molecule has 31 heavy (non-hydrogen) atoms. The van der Waals surface area contributed by atoms with Gasteiger partial charge in [-0.15, -0.1) is 0 Å². The van der Waals surface area contributed by atoms with Gasteiger partial charge < -0.3 is 14.8 Å². The van der Waals surface area contributed by atoms with E-state index in [9.17, 15) is 4.79 Å². The number of carbonyl (C=O) groups excluding carboxylic acids is 1. The Morgan fingerprint density at radius 3 is 2.55 bits per heavy atom. The highest BCUT2D eigenvalue weighted by atomic mass is 16.5. The van der Waals surface area contributed by atoms with E-state index in [4.69, 9.17) is 9.47 Å². The van der Waals surface area contributed by atoms with E-state index < -0.39 is 6.09 Å². The van der Waals surface area contributed by atoms with Gasteiger partial charge in [0.1, 0.15) is 5.75 Å². The van der Waals surface area contributed by atoms with Crippen molar-refractivity contribution in [1.29, 1.82) is 0 Å². The third-order valence-electron chi connectivity index (χ3n) is 5.91. The molecular weight excluding hydrogens is 388 g/mol. The molecule has 0 radical (unpaired) electrons. The van der Waals surface area contributed by atoms with E-state index in [1.165, 1.54) is 29.5 Å². The van der Waals surface area contributed by atoms with Crippen LogP contribution in [0.5, 0.6) is 5.75 Å². The molecule has 1 amide bonds. The van der Waals surface area contributed by atoms with E-state index in [0.29, 0.717) is 12.6 Å². The quantitative estimate of drug-likeness (QED) is 0.444. The van der Waals surface area contributed by atoms with Crippen LogP contribution in [0.1, 0.15) is 75.1 Å². The molecule has 3 rings (SSSR count). The summed E-state index contributed by atoms with van der Waals surface area (Å²) < 4.78 is 10.7. The second-order valence-corrected chi connectivity index (χ2v) is 8.30. The van der Waals surface area contributed by atoms with Crippen LogP contribution in [0, 0.1) is 0 Å². The minimum atomic E-state index is -0.392. The van der Waals surface area contributed by atoms with Gasteiger partial charge in [-0.05, 0) is 60.2 Å². The van der Waals surface area contributed by atoms with Crippen molar-refractivity contribution in [1.82, 2.24) is 5.32 Å². The van der Waals surface area contributed by atoms with E-state index in [2.05, 4.69) is 48.7 Å². The normalized spacial score (nSPS) is 17.6. The van der Waals surface area contributed by atoms with Crippen molar-refractivity contribution in [2.24, 2.45) is 0 Å². The number of hydrogen-bond acceptors (Lipinski definition) is 4. The second-order valence-electron chi connectivity index (χ2n) is 8.30. The number of ether oxygens (including phenoxy) is 2. The molecule has 1 heterocycles. The molecule has 2 aromatic carbocycles. The number of hydrogen-bond donors (Lipinski definition) is 2. The van der Waals surface area contributed by atoms with Crippen molar-refractivity contribution in [3.63, 3.8) is 0 Å². The fraction of sp³-hybridized carbons (Fsp3) is 0.500. The van der Waals surface area contributed by atoms with Crippen LogP contribution in [0.2, 0.25) is 0 Å².